The second-order valence-corrected chi connectivity index (χ2v) is 7.73. The van der Waals surface area contributed by atoms with E-state index >= 15 is 0 Å². The number of hydrogen-bond acceptors (Lipinski definition) is 4. The van der Waals surface area contributed by atoms with E-state index in [9.17, 15) is 18.0 Å². The quantitative estimate of drug-likeness (QED) is 0.827. The zero-order valence-electron chi connectivity index (χ0n) is 14.0. The number of sulfone groups is 1. The van der Waals surface area contributed by atoms with Crippen molar-refractivity contribution in [2.45, 2.75) is 24.3 Å². The van der Waals surface area contributed by atoms with Crippen LogP contribution in [0.2, 0.25) is 0 Å². The van der Waals surface area contributed by atoms with Gasteiger partial charge >= 0.3 is 0 Å². The average molecular weight is 360 g/mol. The first-order chi connectivity index (χ1) is 11.8. The standard InChI is InChI=1S/C18H20N2O4S/c1-13(21)19-17(14-7-4-3-5-8-14)12-18(22)20-15-9-6-10-16(11-15)25(2,23)24/h3-11,17H,12H2,1-2H3,(H,19,21)(H,20,22)/t17-/m1/s1. The van der Waals surface area contributed by atoms with Crippen LogP contribution in [0.25, 0.3) is 0 Å². The van der Waals surface area contributed by atoms with E-state index in [4.69, 9.17) is 0 Å². The highest BCUT2D eigenvalue weighted by Gasteiger charge is 2.17. The summed E-state index contributed by atoms with van der Waals surface area (Å²) in [4.78, 5) is 23.9. The summed E-state index contributed by atoms with van der Waals surface area (Å²) in [5.74, 6) is -0.561. The number of rotatable bonds is 6. The smallest absolute Gasteiger partial charge is 0.226 e. The van der Waals surface area contributed by atoms with Gasteiger partial charge in [0.15, 0.2) is 9.84 Å². The molecule has 2 aromatic rings. The van der Waals surface area contributed by atoms with E-state index in [1.54, 1.807) is 12.1 Å². The van der Waals surface area contributed by atoms with Crippen LogP contribution in [0.4, 0.5) is 5.69 Å². The number of carbonyl (C=O) groups is 2. The van der Waals surface area contributed by atoms with E-state index < -0.39 is 15.9 Å². The number of benzene rings is 2. The van der Waals surface area contributed by atoms with Crippen LogP contribution < -0.4 is 10.6 Å². The van der Waals surface area contributed by atoms with Crippen molar-refractivity contribution in [1.82, 2.24) is 5.32 Å². The highest BCUT2D eigenvalue weighted by Crippen LogP contribution is 2.19. The molecule has 0 spiro atoms. The zero-order chi connectivity index (χ0) is 18.4. The Bertz CT molecular complexity index is 864. The van der Waals surface area contributed by atoms with Gasteiger partial charge in [0.1, 0.15) is 0 Å². The molecule has 0 aromatic heterocycles. The lowest BCUT2D eigenvalue weighted by Gasteiger charge is -2.18. The summed E-state index contributed by atoms with van der Waals surface area (Å²) < 4.78 is 23.2. The lowest BCUT2D eigenvalue weighted by molar-refractivity contribution is -0.120. The monoisotopic (exact) mass is 360 g/mol. The Morgan fingerprint density at radius 3 is 2.32 bits per heavy atom. The van der Waals surface area contributed by atoms with Gasteiger partial charge in [-0.25, -0.2) is 8.42 Å². The van der Waals surface area contributed by atoms with Crippen molar-refractivity contribution < 1.29 is 18.0 Å². The van der Waals surface area contributed by atoms with E-state index in [2.05, 4.69) is 10.6 Å². The van der Waals surface area contributed by atoms with Gasteiger partial charge in [-0.05, 0) is 23.8 Å². The third kappa shape index (κ3) is 5.72. The van der Waals surface area contributed by atoms with Gasteiger partial charge in [-0.15, -0.1) is 0 Å². The second kappa shape index (κ2) is 7.94. The second-order valence-electron chi connectivity index (χ2n) is 5.72. The molecule has 25 heavy (non-hydrogen) atoms. The topological polar surface area (TPSA) is 92.3 Å². The van der Waals surface area contributed by atoms with Crippen LogP contribution in [0.1, 0.15) is 24.9 Å². The minimum absolute atomic E-state index is 0.0344. The van der Waals surface area contributed by atoms with Crippen LogP contribution in [-0.4, -0.2) is 26.5 Å². The molecule has 0 aliphatic rings. The molecule has 0 radical (unpaired) electrons. The van der Waals surface area contributed by atoms with Crippen molar-refractivity contribution in [2.24, 2.45) is 0 Å². The summed E-state index contributed by atoms with van der Waals surface area (Å²) >= 11 is 0. The van der Waals surface area contributed by atoms with Crippen molar-refractivity contribution in [2.75, 3.05) is 11.6 Å². The van der Waals surface area contributed by atoms with Gasteiger partial charge < -0.3 is 10.6 Å². The highest BCUT2D eigenvalue weighted by atomic mass is 32.2. The third-order valence-electron chi connectivity index (χ3n) is 3.51. The summed E-state index contributed by atoms with van der Waals surface area (Å²) in [6.07, 6.45) is 1.14. The average Bonchev–Trinajstić information content (AvgIpc) is 2.54. The SMILES string of the molecule is CC(=O)N[C@H](CC(=O)Nc1cccc(S(C)(=O)=O)c1)c1ccccc1. The molecule has 0 bridgehead atoms. The van der Waals surface area contributed by atoms with Crippen LogP contribution in [0, 0.1) is 0 Å². The normalized spacial score (nSPS) is 12.2. The molecule has 2 rings (SSSR count). The summed E-state index contributed by atoms with van der Waals surface area (Å²) in [5, 5.41) is 5.43. The Morgan fingerprint density at radius 1 is 1.04 bits per heavy atom. The fourth-order valence-electron chi connectivity index (χ4n) is 2.38. The van der Waals surface area contributed by atoms with Crippen molar-refractivity contribution in [3.8, 4) is 0 Å². The van der Waals surface area contributed by atoms with Crippen LogP contribution in [0.5, 0.6) is 0 Å². The van der Waals surface area contributed by atoms with Gasteiger partial charge in [0.2, 0.25) is 11.8 Å². The van der Waals surface area contributed by atoms with Crippen molar-refractivity contribution in [3.05, 3.63) is 60.2 Å². The van der Waals surface area contributed by atoms with Crippen LogP contribution in [0.15, 0.2) is 59.5 Å². The van der Waals surface area contributed by atoms with Crippen molar-refractivity contribution in [1.29, 1.82) is 0 Å². The number of anilines is 1. The maximum atomic E-state index is 12.3. The predicted octanol–water partition coefficient (Wildman–Crippen LogP) is 2.30. The molecule has 6 nitrogen and oxygen atoms in total. The summed E-state index contributed by atoms with van der Waals surface area (Å²) in [5.41, 5.74) is 1.21. The van der Waals surface area contributed by atoms with Gasteiger partial charge in [-0.2, -0.15) is 0 Å². The first-order valence-electron chi connectivity index (χ1n) is 7.68. The van der Waals surface area contributed by atoms with Gasteiger partial charge in [0.05, 0.1) is 17.4 Å². The molecule has 1 atom stereocenters. The molecular formula is C18H20N2O4S. The molecule has 2 N–H and O–H groups in total. The van der Waals surface area contributed by atoms with E-state index in [-0.39, 0.29) is 23.1 Å². The molecule has 0 saturated carbocycles. The molecular weight excluding hydrogens is 340 g/mol. The van der Waals surface area contributed by atoms with Crippen molar-refractivity contribution in [3.63, 3.8) is 0 Å². The minimum atomic E-state index is -3.35. The zero-order valence-corrected chi connectivity index (χ0v) is 14.8. The fourth-order valence-corrected chi connectivity index (χ4v) is 3.05. The van der Waals surface area contributed by atoms with Gasteiger partial charge in [0.25, 0.3) is 0 Å². The molecule has 7 heteroatoms. The minimum Gasteiger partial charge on any atom is -0.349 e. The van der Waals surface area contributed by atoms with E-state index in [0.29, 0.717) is 5.69 Å². The first kappa shape index (κ1) is 18.7. The Labute approximate surface area is 147 Å². The molecule has 2 aromatic carbocycles. The fraction of sp³-hybridized carbons (Fsp3) is 0.222. The number of nitrogens with one attached hydrogen (secondary N) is 2. The van der Waals surface area contributed by atoms with Gasteiger partial charge in [-0.1, -0.05) is 36.4 Å². The van der Waals surface area contributed by atoms with E-state index in [0.717, 1.165) is 11.8 Å². The van der Waals surface area contributed by atoms with Crippen LogP contribution in [-0.2, 0) is 19.4 Å². The highest BCUT2D eigenvalue weighted by molar-refractivity contribution is 7.90. The number of amides is 2. The summed E-state index contributed by atoms with van der Waals surface area (Å²) in [7, 11) is -3.35. The van der Waals surface area contributed by atoms with E-state index in [1.165, 1.54) is 19.1 Å². The van der Waals surface area contributed by atoms with Crippen LogP contribution >= 0.6 is 0 Å². The molecule has 0 unspecified atom stereocenters. The predicted molar refractivity (Wildman–Crippen MR) is 95.8 cm³/mol. The Kier molecular flexibility index (Phi) is 5.93. The molecule has 0 saturated heterocycles. The Balaban J connectivity index is 2.13. The molecule has 2 amide bonds. The Morgan fingerprint density at radius 2 is 1.72 bits per heavy atom. The first-order valence-corrected chi connectivity index (χ1v) is 9.57. The molecule has 132 valence electrons. The Hall–Kier alpha value is -2.67. The van der Waals surface area contributed by atoms with Gasteiger partial charge in [-0.3, -0.25) is 9.59 Å². The lowest BCUT2D eigenvalue weighted by Crippen LogP contribution is -2.29. The molecule has 0 aliphatic carbocycles. The third-order valence-corrected chi connectivity index (χ3v) is 4.63. The van der Waals surface area contributed by atoms with E-state index in [1.807, 2.05) is 30.3 Å². The number of carbonyl (C=O) groups excluding carboxylic acids is 2. The summed E-state index contributed by atoms with van der Waals surface area (Å²) in [6.45, 7) is 1.39. The molecule has 0 heterocycles. The molecule has 0 aliphatic heterocycles. The summed E-state index contributed by atoms with van der Waals surface area (Å²) in [6, 6.07) is 14.8. The van der Waals surface area contributed by atoms with Crippen molar-refractivity contribution >= 4 is 27.3 Å². The maximum absolute atomic E-state index is 12.3. The maximum Gasteiger partial charge on any atom is 0.226 e. The largest absolute Gasteiger partial charge is 0.349 e. The lowest BCUT2D eigenvalue weighted by atomic mass is 10.0. The number of hydrogen-bond donors (Lipinski definition) is 2. The molecule has 0 fully saturated rings. The van der Waals surface area contributed by atoms with Gasteiger partial charge in [0, 0.05) is 18.9 Å². The van der Waals surface area contributed by atoms with Crippen LogP contribution in [0.3, 0.4) is 0 Å².